The molecule has 11 amide bonds. The third kappa shape index (κ3) is 16.0. The van der Waals surface area contributed by atoms with Crippen molar-refractivity contribution in [2.75, 3.05) is 13.1 Å². The quantitative estimate of drug-likeness (QED) is 0.0331. The molecule has 17 N–H and O–H groups in total. The maximum atomic E-state index is 14.4. The number of nitrogens with one attached hydrogen (secondary N) is 11. The van der Waals surface area contributed by atoms with Crippen LogP contribution >= 0.6 is 0 Å². The van der Waals surface area contributed by atoms with Crippen molar-refractivity contribution in [2.45, 2.75) is 120 Å². The van der Waals surface area contributed by atoms with Crippen molar-refractivity contribution in [1.82, 2.24) is 57.7 Å². The Morgan fingerprint density at radius 2 is 1.35 bits per heavy atom. The van der Waals surface area contributed by atoms with Gasteiger partial charge in [0.2, 0.25) is 47.3 Å². The highest BCUT2D eigenvalue weighted by molar-refractivity contribution is 6.07. The predicted octanol–water partition coefficient (Wildman–Crippen LogP) is -2.26. The first-order chi connectivity index (χ1) is 35.3. The fraction of sp³-hybridized carbons (Fsp3) is 0.449. The molecule has 9 atom stereocenters. The molecule has 398 valence electrons. The van der Waals surface area contributed by atoms with Crippen molar-refractivity contribution >= 4 is 76.1 Å². The minimum Gasteiger partial charge on any atom is -0.405 e. The van der Waals surface area contributed by atoms with Crippen molar-refractivity contribution in [2.24, 2.45) is 23.1 Å². The van der Waals surface area contributed by atoms with E-state index in [0.29, 0.717) is 22.4 Å². The van der Waals surface area contributed by atoms with Crippen molar-refractivity contribution in [3.63, 3.8) is 0 Å². The Morgan fingerprint density at radius 3 is 2.03 bits per heavy atom. The number of carbonyl (C=O) groups excluding carboxylic acids is 10. The first-order valence-corrected chi connectivity index (χ1v) is 24.3. The van der Waals surface area contributed by atoms with E-state index in [4.69, 9.17) is 22.6 Å². The van der Waals surface area contributed by atoms with E-state index in [1.54, 1.807) is 56.4 Å². The number of benzene rings is 2. The lowest BCUT2D eigenvalue weighted by Gasteiger charge is -2.29. The van der Waals surface area contributed by atoms with E-state index in [0.717, 1.165) is 17.1 Å². The molecule has 2 saturated heterocycles. The molecule has 25 nitrogen and oxygen atoms in total. The standard InChI is InChI=1S/C49H67N15O10/c1-4-31-42(68)62-38(23-29-24-55-32-15-9-8-14-30(29)32)46(72)60-35(40(51)66)20-26(2)21-36(57-39(65)25-64-47(73)34(63-49(64)74)17-11-19-54-48(52)53)44(70)56-27(3)41(67)59-33(16-10-18-50)43(69)61-37(45(71)58-31)22-28-12-6-5-7-13-28/h5-10,12-15,18,24,26-27,31,33-38,55H,4,11,16-17,19-23,25,50H2,1-3H3,(H2,51,66)(H,56,70)(H,57,65)(H,58,71)(H,59,67)(H,60,72)(H,61,69)(H,62,68)(H,63,74)(H4,52,53,54)/b18-10+/t26?,27-,31+,33+,34+,35+,36+,37-,38+/m1/s1. The van der Waals surface area contributed by atoms with Crippen LogP contribution in [0.2, 0.25) is 0 Å². The smallest absolute Gasteiger partial charge is 0.325 e. The molecule has 3 heterocycles. The number of guanidine groups is 1. The number of rotatable bonds is 15. The minimum atomic E-state index is -1.50. The van der Waals surface area contributed by atoms with E-state index in [1.165, 1.54) is 13.0 Å². The molecule has 3 aromatic rings. The Hall–Kier alpha value is -8.51. The molecule has 1 aromatic heterocycles. The fourth-order valence-corrected chi connectivity index (χ4v) is 8.57. The van der Waals surface area contributed by atoms with Gasteiger partial charge in [-0.05, 0) is 74.8 Å². The second kappa shape index (κ2) is 26.8. The molecule has 0 spiro atoms. The molecular weight excluding hydrogens is 959 g/mol. The number of aromatic amines is 1. The van der Waals surface area contributed by atoms with Crippen LogP contribution in [0.4, 0.5) is 4.79 Å². The molecule has 2 aromatic carbocycles. The average molecular weight is 1030 g/mol. The van der Waals surface area contributed by atoms with E-state index in [-0.39, 0.29) is 57.5 Å². The molecular formula is C49H67N15O10. The summed E-state index contributed by atoms with van der Waals surface area (Å²) in [6, 6.07) is 4.55. The van der Waals surface area contributed by atoms with Crippen LogP contribution in [0.25, 0.3) is 10.9 Å². The Kier molecular flexibility index (Phi) is 20.4. The zero-order valence-electron chi connectivity index (χ0n) is 41.5. The summed E-state index contributed by atoms with van der Waals surface area (Å²) in [5.74, 6) is -8.58. The highest BCUT2D eigenvalue weighted by atomic mass is 16.2. The fourth-order valence-electron chi connectivity index (χ4n) is 8.57. The summed E-state index contributed by atoms with van der Waals surface area (Å²) in [7, 11) is 0. The summed E-state index contributed by atoms with van der Waals surface area (Å²) in [5, 5.41) is 31.6. The van der Waals surface area contributed by atoms with Crippen molar-refractivity contribution < 1.29 is 47.9 Å². The van der Waals surface area contributed by atoms with Crippen molar-refractivity contribution in [1.29, 1.82) is 5.41 Å². The van der Waals surface area contributed by atoms with Gasteiger partial charge in [-0.3, -0.25) is 53.5 Å². The van der Waals surface area contributed by atoms with Gasteiger partial charge in [0.05, 0.1) is 0 Å². The van der Waals surface area contributed by atoms with E-state index in [1.807, 2.05) is 18.2 Å². The lowest BCUT2D eigenvalue weighted by Crippen LogP contribution is -2.60. The number of hydrogen-bond donors (Lipinski definition) is 14. The Balaban J connectivity index is 1.48. The molecule has 74 heavy (non-hydrogen) atoms. The van der Waals surface area contributed by atoms with Gasteiger partial charge in [-0.1, -0.05) is 68.5 Å². The van der Waals surface area contributed by atoms with Gasteiger partial charge in [0.25, 0.3) is 5.91 Å². The number of urea groups is 1. The molecule has 0 bridgehead atoms. The zero-order chi connectivity index (χ0) is 54.1. The van der Waals surface area contributed by atoms with Gasteiger partial charge < -0.3 is 70.0 Å². The molecule has 2 aliphatic rings. The molecule has 2 aliphatic heterocycles. The number of imide groups is 1. The highest BCUT2D eigenvalue weighted by Crippen LogP contribution is 2.21. The molecule has 1 unspecified atom stereocenters. The van der Waals surface area contributed by atoms with Gasteiger partial charge in [0, 0.05) is 36.5 Å². The number of amides is 11. The molecule has 2 fully saturated rings. The SMILES string of the molecule is CC[C@@H]1NC(=O)[C@@H](Cc2ccccc2)NC(=O)[C@H](C/C=C/N)NC(=O)[C@@H](C)NC(=O)[C@@H](NC(=O)CN2C(=O)N[C@@H](CCCNC(=N)N)C2=O)CC(C)C[C@@H](C(N)=O)NC(=O)[C@H](Cc2c[nH]c3ccccc23)NC1=O. The van der Waals surface area contributed by atoms with Gasteiger partial charge >= 0.3 is 6.03 Å². The number of nitrogens with zero attached hydrogens (tertiary/aromatic N) is 1. The number of nitrogens with two attached hydrogens (primary N) is 3. The normalized spacial score (nSPS) is 25.0. The van der Waals surface area contributed by atoms with Crippen LogP contribution in [0.15, 0.2) is 73.1 Å². The first-order valence-electron chi connectivity index (χ1n) is 24.3. The second-order valence-electron chi connectivity index (χ2n) is 18.4. The summed E-state index contributed by atoms with van der Waals surface area (Å²) in [5.41, 5.74) is 18.8. The molecule has 0 saturated carbocycles. The lowest BCUT2D eigenvalue weighted by molar-refractivity contribution is -0.136. The van der Waals surface area contributed by atoms with Crippen LogP contribution in [0.3, 0.4) is 0 Å². The third-order valence-electron chi connectivity index (χ3n) is 12.6. The number of H-pyrrole nitrogens is 1. The average Bonchev–Trinajstić information content (AvgIpc) is 3.89. The summed E-state index contributed by atoms with van der Waals surface area (Å²) in [6.45, 7) is 3.99. The largest absolute Gasteiger partial charge is 0.405 e. The monoisotopic (exact) mass is 1030 g/mol. The van der Waals surface area contributed by atoms with Gasteiger partial charge in [-0.15, -0.1) is 0 Å². The van der Waals surface area contributed by atoms with E-state index in [9.17, 15) is 47.9 Å². The Morgan fingerprint density at radius 1 is 0.730 bits per heavy atom. The molecule has 0 aliphatic carbocycles. The summed E-state index contributed by atoms with van der Waals surface area (Å²) < 4.78 is 0. The van der Waals surface area contributed by atoms with E-state index in [2.05, 4.69) is 52.8 Å². The lowest BCUT2D eigenvalue weighted by atomic mass is 9.93. The minimum absolute atomic E-state index is 0.0386. The molecule has 5 rings (SSSR count). The summed E-state index contributed by atoms with van der Waals surface area (Å²) in [4.78, 5) is 142. The van der Waals surface area contributed by atoms with Crippen LogP contribution in [0.5, 0.6) is 0 Å². The number of fused-ring (bicyclic) bond motifs is 1. The van der Waals surface area contributed by atoms with Crippen LogP contribution < -0.4 is 65.1 Å². The van der Waals surface area contributed by atoms with Crippen LogP contribution in [0, 0.1) is 11.3 Å². The summed E-state index contributed by atoms with van der Waals surface area (Å²) in [6.07, 6.45) is 4.00. The summed E-state index contributed by atoms with van der Waals surface area (Å²) >= 11 is 0. The number of para-hydroxylation sites is 1. The first kappa shape index (κ1) is 56.4. The third-order valence-corrected chi connectivity index (χ3v) is 12.6. The highest BCUT2D eigenvalue weighted by Gasteiger charge is 2.40. The second-order valence-corrected chi connectivity index (χ2v) is 18.4. The maximum Gasteiger partial charge on any atom is 0.325 e. The maximum absolute atomic E-state index is 14.4. The van der Waals surface area contributed by atoms with Crippen LogP contribution in [0.1, 0.15) is 70.4 Å². The number of aromatic nitrogens is 1. The van der Waals surface area contributed by atoms with Crippen LogP contribution in [-0.2, 0) is 56.0 Å². The van der Waals surface area contributed by atoms with Gasteiger partial charge in [0.15, 0.2) is 5.96 Å². The number of carbonyl (C=O) groups is 10. The Bertz CT molecular complexity index is 2590. The van der Waals surface area contributed by atoms with Crippen molar-refractivity contribution in [3.8, 4) is 0 Å². The molecule has 0 radical (unpaired) electrons. The van der Waals surface area contributed by atoms with Crippen LogP contribution in [-0.4, -0.2) is 136 Å². The zero-order valence-corrected chi connectivity index (χ0v) is 41.5. The van der Waals surface area contributed by atoms with Gasteiger partial charge in [0.1, 0.15) is 54.9 Å². The topological polar surface area (TPSA) is 400 Å². The van der Waals surface area contributed by atoms with Crippen molar-refractivity contribution in [3.05, 3.63) is 84.2 Å². The predicted molar refractivity (Wildman–Crippen MR) is 270 cm³/mol. The van der Waals surface area contributed by atoms with Gasteiger partial charge in [-0.2, -0.15) is 0 Å². The number of primary amides is 1. The van der Waals surface area contributed by atoms with Gasteiger partial charge in [-0.25, -0.2) is 4.79 Å². The van der Waals surface area contributed by atoms with E-state index < -0.39 is 120 Å². The van der Waals surface area contributed by atoms with E-state index >= 15 is 0 Å². The molecule has 25 heteroatoms. The number of hydrogen-bond acceptors (Lipinski definition) is 12. The Labute approximate surface area is 426 Å².